The van der Waals surface area contributed by atoms with Crippen molar-refractivity contribution in [3.63, 3.8) is 0 Å². The van der Waals surface area contributed by atoms with Crippen LogP contribution in [0.1, 0.15) is 81.5 Å². The third-order valence-corrected chi connectivity index (χ3v) is 11.7. The van der Waals surface area contributed by atoms with E-state index >= 15 is 0 Å². The van der Waals surface area contributed by atoms with Gasteiger partial charge in [0, 0.05) is 0 Å². The number of carbonyl (C=O) groups is 4. The van der Waals surface area contributed by atoms with Crippen LogP contribution >= 0.6 is 0 Å². The van der Waals surface area contributed by atoms with Crippen molar-refractivity contribution < 1.29 is 47.6 Å². The molecule has 1 aliphatic heterocycles. The first kappa shape index (κ1) is 37.0. The van der Waals surface area contributed by atoms with Crippen molar-refractivity contribution in [2.75, 3.05) is 6.61 Å². The molecule has 3 aliphatic rings. The van der Waals surface area contributed by atoms with Crippen LogP contribution in [0.25, 0.3) is 0 Å². The van der Waals surface area contributed by atoms with E-state index in [9.17, 15) is 19.2 Å². The highest BCUT2D eigenvalue weighted by Gasteiger charge is 2.64. The lowest BCUT2D eigenvalue weighted by molar-refractivity contribution is -0.316. The molecule has 2 bridgehead atoms. The molecule has 0 aromatic heterocycles. The van der Waals surface area contributed by atoms with Gasteiger partial charge in [-0.3, -0.25) is 0 Å². The molecular weight excluding hydrogens is 688 g/mol. The minimum absolute atomic E-state index is 0.0416. The molecule has 10 heteroatoms. The summed E-state index contributed by atoms with van der Waals surface area (Å²) >= 11 is 0. The van der Waals surface area contributed by atoms with Gasteiger partial charge in [-0.25, -0.2) is 19.2 Å². The molecule has 8 atom stereocenters. The second-order valence-electron chi connectivity index (χ2n) is 15.0. The molecule has 2 saturated carbocycles. The van der Waals surface area contributed by atoms with Gasteiger partial charge in [0.2, 0.25) is 0 Å². The molecule has 0 unspecified atom stereocenters. The predicted molar refractivity (Wildman–Crippen MR) is 196 cm³/mol. The third-order valence-electron chi connectivity index (χ3n) is 11.7. The Morgan fingerprint density at radius 1 is 0.593 bits per heavy atom. The van der Waals surface area contributed by atoms with Crippen LogP contribution in [0, 0.1) is 16.7 Å². The maximum Gasteiger partial charge on any atom is 0.338 e. The van der Waals surface area contributed by atoms with Gasteiger partial charge in [-0.1, -0.05) is 93.6 Å². The SMILES string of the molecule is CC1(C)[C@H]2CC[C@]1(C)[C@@H](O[C@@H]1O[C@H](COC(=O)c3ccccc3)[C@@H](OC(=O)c3ccccc3)[C@H](OC(=O)c3ccccc3)[C@H]1OC(=O)c1ccccc1)C2. The van der Waals surface area contributed by atoms with Gasteiger partial charge in [0.05, 0.1) is 28.4 Å². The molecule has 7 rings (SSSR count). The van der Waals surface area contributed by atoms with E-state index in [-0.39, 0.29) is 33.6 Å². The number of rotatable bonds is 11. The molecule has 4 aromatic rings. The third kappa shape index (κ3) is 7.41. The van der Waals surface area contributed by atoms with Crippen molar-refractivity contribution in [2.45, 2.75) is 76.8 Å². The Kier molecular flexibility index (Phi) is 10.7. The summed E-state index contributed by atoms with van der Waals surface area (Å²) in [6.07, 6.45) is -4.39. The number of ether oxygens (including phenoxy) is 6. The van der Waals surface area contributed by atoms with Crippen LogP contribution in [0.2, 0.25) is 0 Å². The number of carbonyl (C=O) groups excluding carboxylic acids is 4. The quantitative estimate of drug-likeness (QED) is 0.113. The Labute approximate surface area is 314 Å². The number of fused-ring (bicyclic) bond motifs is 2. The number of benzene rings is 4. The molecule has 0 amide bonds. The van der Waals surface area contributed by atoms with Crippen molar-refractivity contribution in [3.8, 4) is 0 Å². The van der Waals surface area contributed by atoms with Crippen molar-refractivity contribution in [1.29, 1.82) is 0 Å². The summed E-state index contributed by atoms with van der Waals surface area (Å²) in [5, 5.41) is 0. The molecule has 280 valence electrons. The Morgan fingerprint density at radius 3 is 1.44 bits per heavy atom. The Balaban J connectivity index is 1.29. The maximum absolute atomic E-state index is 13.9. The lowest BCUT2D eigenvalue weighted by Gasteiger charge is -2.47. The fourth-order valence-corrected chi connectivity index (χ4v) is 8.13. The summed E-state index contributed by atoms with van der Waals surface area (Å²) < 4.78 is 37.8. The maximum atomic E-state index is 13.9. The van der Waals surface area contributed by atoms with E-state index in [0.29, 0.717) is 11.5 Å². The summed E-state index contributed by atoms with van der Waals surface area (Å²) in [6, 6.07) is 33.4. The molecule has 0 radical (unpaired) electrons. The minimum atomic E-state index is -1.46. The number of esters is 4. The molecule has 2 aliphatic carbocycles. The van der Waals surface area contributed by atoms with Crippen LogP contribution in [0.3, 0.4) is 0 Å². The number of hydrogen-bond donors (Lipinski definition) is 0. The first-order chi connectivity index (χ1) is 26.0. The molecule has 1 saturated heterocycles. The fourth-order valence-electron chi connectivity index (χ4n) is 8.13. The Bertz CT molecular complexity index is 1930. The van der Waals surface area contributed by atoms with Crippen molar-refractivity contribution in [3.05, 3.63) is 144 Å². The molecule has 3 fully saturated rings. The summed E-state index contributed by atoms with van der Waals surface area (Å²) in [5.74, 6) is -2.46. The molecule has 54 heavy (non-hydrogen) atoms. The van der Waals surface area contributed by atoms with Crippen LogP contribution in [0.4, 0.5) is 0 Å². The minimum Gasteiger partial charge on any atom is -0.459 e. The Morgan fingerprint density at radius 2 is 1.02 bits per heavy atom. The smallest absolute Gasteiger partial charge is 0.338 e. The van der Waals surface area contributed by atoms with Crippen molar-refractivity contribution >= 4 is 23.9 Å². The van der Waals surface area contributed by atoms with Crippen LogP contribution in [0.5, 0.6) is 0 Å². The van der Waals surface area contributed by atoms with Gasteiger partial charge >= 0.3 is 23.9 Å². The largest absolute Gasteiger partial charge is 0.459 e. The average molecular weight is 733 g/mol. The highest BCUT2D eigenvalue weighted by atomic mass is 16.7. The Hall–Kier alpha value is -5.32. The van der Waals surface area contributed by atoms with Gasteiger partial charge < -0.3 is 28.4 Å². The summed E-state index contributed by atoms with van der Waals surface area (Å²) in [7, 11) is 0. The van der Waals surface area contributed by atoms with Gasteiger partial charge in [-0.05, 0) is 84.5 Å². The fraction of sp³-hybridized carbons (Fsp3) is 0.364. The second kappa shape index (κ2) is 15.6. The van der Waals surface area contributed by atoms with E-state index in [0.717, 1.165) is 19.3 Å². The standard InChI is InChI=1S/C44H44O10/c1-43(2)32-24-25-44(43,3)34(26-32)51-42-37(54-41(48)31-22-14-7-15-23-31)36(53-40(47)30-20-12-6-13-21-30)35(52-39(46)29-18-10-5-11-19-29)33(50-42)27-49-38(45)28-16-8-4-9-17-28/h4-23,32-37,42H,24-27H2,1-3H3/t32-,33+,34-,35+,36-,37+,42-,44+/m0/s1. The van der Waals surface area contributed by atoms with E-state index in [4.69, 9.17) is 28.4 Å². The van der Waals surface area contributed by atoms with E-state index in [1.165, 1.54) is 0 Å². The molecule has 0 spiro atoms. The zero-order valence-electron chi connectivity index (χ0n) is 30.5. The zero-order valence-corrected chi connectivity index (χ0v) is 30.5. The van der Waals surface area contributed by atoms with Crippen LogP contribution in [-0.4, -0.2) is 67.3 Å². The lowest BCUT2D eigenvalue weighted by Crippen LogP contribution is -2.64. The lowest BCUT2D eigenvalue weighted by atomic mass is 9.70. The normalized spacial score (nSPS) is 28.1. The van der Waals surface area contributed by atoms with Crippen molar-refractivity contribution in [2.24, 2.45) is 16.7 Å². The highest BCUT2D eigenvalue weighted by molar-refractivity contribution is 5.91. The number of hydrogen-bond acceptors (Lipinski definition) is 10. The van der Waals surface area contributed by atoms with Crippen LogP contribution < -0.4 is 0 Å². The van der Waals surface area contributed by atoms with Crippen LogP contribution in [0.15, 0.2) is 121 Å². The van der Waals surface area contributed by atoms with Gasteiger partial charge in [0.1, 0.15) is 12.7 Å². The van der Waals surface area contributed by atoms with Crippen molar-refractivity contribution in [1.82, 2.24) is 0 Å². The van der Waals surface area contributed by atoms with Gasteiger partial charge in [-0.2, -0.15) is 0 Å². The summed E-state index contributed by atoms with van der Waals surface area (Å²) in [4.78, 5) is 54.7. The van der Waals surface area contributed by atoms with E-state index in [1.807, 2.05) is 0 Å². The zero-order chi connectivity index (χ0) is 37.9. The van der Waals surface area contributed by atoms with E-state index in [1.54, 1.807) is 121 Å². The monoisotopic (exact) mass is 732 g/mol. The summed E-state index contributed by atoms with van der Waals surface area (Å²) in [5.41, 5.74) is 0.708. The molecule has 4 aromatic carbocycles. The van der Waals surface area contributed by atoms with Gasteiger partial charge in [-0.15, -0.1) is 0 Å². The first-order valence-corrected chi connectivity index (χ1v) is 18.4. The second-order valence-corrected chi connectivity index (χ2v) is 15.0. The molecule has 1 heterocycles. The average Bonchev–Trinajstić information content (AvgIpc) is 3.54. The molecule has 10 nitrogen and oxygen atoms in total. The van der Waals surface area contributed by atoms with Gasteiger partial charge in [0.25, 0.3) is 0 Å². The summed E-state index contributed by atoms with van der Waals surface area (Å²) in [6.45, 7) is 6.29. The van der Waals surface area contributed by atoms with Gasteiger partial charge in [0.15, 0.2) is 24.6 Å². The van der Waals surface area contributed by atoms with E-state index < -0.39 is 61.2 Å². The topological polar surface area (TPSA) is 124 Å². The highest BCUT2D eigenvalue weighted by Crippen LogP contribution is 2.66. The van der Waals surface area contributed by atoms with Crippen LogP contribution in [-0.2, 0) is 28.4 Å². The van der Waals surface area contributed by atoms with E-state index in [2.05, 4.69) is 20.8 Å². The molecular formula is C44H44O10. The predicted octanol–water partition coefficient (Wildman–Crippen LogP) is 7.48. The molecule has 0 N–H and O–H groups in total. The first-order valence-electron chi connectivity index (χ1n) is 18.4.